The minimum absolute atomic E-state index is 0.168. The van der Waals surface area contributed by atoms with E-state index in [-0.39, 0.29) is 5.91 Å². The van der Waals surface area contributed by atoms with Crippen molar-refractivity contribution in [1.82, 2.24) is 4.98 Å². The van der Waals surface area contributed by atoms with Gasteiger partial charge in [-0.25, -0.2) is 4.98 Å². The van der Waals surface area contributed by atoms with E-state index in [4.69, 9.17) is 9.47 Å². The molecule has 2 aromatic carbocycles. The van der Waals surface area contributed by atoms with E-state index in [0.717, 1.165) is 11.3 Å². The SMILES string of the molecule is COc1ccc(Nc2ccc(NC(=O)c3cccc(C)c3)cn2)c(OC)c1. The lowest BCUT2D eigenvalue weighted by Crippen LogP contribution is -2.12. The average molecular weight is 363 g/mol. The fourth-order valence-electron chi connectivity index (χ4n) is 2.57. The van der Waals surface area contributed by atoms with Crippen LogP contribution in [0.2, 0.25) is 0 Å². The molecular weight excluding hydrogens is 342 g/mol. The number of hydrogen-bond donors (Lipinski definition) is 2. The van der Waals surface area contributed by atoms with E-state index in [2.05, 4.69) is 15.6 Å². The average Bonchev–Trinajstić information content (AvgIpc) is 2.69. The van der Waals surface area contributed by atoms with Crippen LogP contribution < -0.4 is 20.1 Å². The molecule has 2 N–H and O–H groups in total. The topological polar surface area (TPSA) is 72.5 Å². The molecule has 0 bridgehead atoms. The summed E-state index contributed by atoms with van der Waals surface area (Å²) in [7, 11) is 3.20. The summed E-state index contributed by atoms with van der Waals surface area (Å²) in [6.07, 6.45) is 1.60. The molecule has 0 aliphatic carbocycles. The summed E-state index contributed by atoms with van der Waals surface area (Å²) in [6.45, 7) is 1.95. The molecule has 3 rings (SSSR count). The highest BCUT2D eigenvalue weighted by Crippen LogP contribution is 2.31. The molecule has 0 saturated heterocycles. The number of anilines is 3. The van der Waals surface area contributed by atoms with Gasteiger partial charge in [0.15, 0.2) is 0 Å². The number of pyridine rings is 1. The van der Waals surface area contributed by atoms with Crippen LogP contribution in [-0.4, -0.2) is 25.1 Å². The number of hydrogen-bond acceptors (Lipinski definition) is 5. The minimum Gasteiger partial charge on any atom is -0.497 e. The molecule has 1 heterocycles. The predicted molar refractivity (Wildman–Crippen MR) is 106 cm³/mol. The molecule has 0 aliphatic heterocycles. The molecule has 0 aliphatic rings. The maximum Gasteiger partial charge on any atom is 0.255 e. The molecule has 1 aromatic heterocycles. The van der Waals surface area contributed by atoms with E-state index in [1.165, 1.54) is 0 Å². The van der Waals surface area contributed by atoms with Gasteiger partial charge in [0, 0.05) is 11.6 Å². The van der Waals surface area contributed by atoms with Crippen LogP contribution in [0.25, 0.3) is 0 Å². The number of methoxy groups -OCH3 is 2. The Labute approximate surface area is 158 Å². The number of amides is 1. The van der Waals surface area contributed by atoms with E-state index < -0.39 is 0 Å². The number of benzene rings is 2. The zero-order valence-electron chi connectivity index (χ0n) is 15.4. The van der Waals surface area contributed by atoms with Crippen LogP contribution in [-0.2, 0) is 0 Å². The maximum atomic E-state index is 12.3. The largest absolute Gasteiger partial charge is 0.497 e. The van der Waals surface area contributed by atoms with E-state index in [9.17, 15) is 4.79 Å². The molecule has 27 heavy (non-hydrogen) atoms. The number of aryl methyl sites for hydroxylation is 1. The Morgan fingerprint density at radius 3 is 2.52 bits per heavy atom. The minimum atomic E-state index is -0.168. The molecule has 0 fully saturated rings. The number of carbonyl (C=O) groups is 1. The van der Waals surface area contributed by atoms with Crippen molar-refractivity contribution in [3.8, 4) is 11.5 Å². The van der Waals surface area contributed by atoms with Gasteiger partial charge in [-0.1, -0.05) is 17.7 Å². The van der Waals surface area contributed by atoms with Gasteiger partial charge in [-0.2, -0.15) is 0 Å². The second-order valence-electron chi connectivity index (χ2n) is 5.95. The lowest BCUT2D eigenvalue weighted by atomic mass is 10.1. The van der Waals surface area contributed by atoms with E-state index in [1.54, 1.807) is 44.7 Å². The fourth-order valence-corrected chi connectivity index (χ4v) is 2.57. The molecule has 3 aromatic rings. The van der Waals surface area contributed by atoms with Gasteiger partial charge in [0.2, 0.25) is 0 Å². The van der Waals surface area contributed by atoms with Crippen molar-refractivity contribution < 1.29 is 14.3 Å². The van der Waals surface area contributed by atoms with Crippen LogP contribution in [0.3, 0.4) is 0 Å². The standard InChI is InChI=1S/C21H21N3O3/c1-14-5-4-6-15(11-14)21(25)23-16-7-10-20(22-13-16)24-18-9-8-17(26-2)12-19(18)27-3/h4-13H,1-3H3,(H,22,24)(H,23,25). The lowest BCUT2D eigenvalue weighted by Gasteiger charge is -2.12. The first-order valence-electron chi connectivity index (χ1n) is 8.42. The summed E-state index contributed by atoms with van der Waals surface area (Å²) < 4.78 is 10.6. The number of carbonyl (C=O) groups excluding carboxylic acids is 1. The van der Waals surface area contributed by atoms with Crippen LogP contribution in [0, 0.1) is 6.92 Å². The summed E-state index contributed by atoms with van der Waals surface area (Å²) in [4.78, 5) is 16.6. The van der Waals surface area contributed by atoms with Crippen molar-refractivity contribution in [1.29, 1.82) is 0 Å². The molecule has 1 amide bonds. The maximum absolute atomic E-state index is 12.3. The van der Waals surface area contributed by atoms with Gasteiger partial charge in [0.25, 0.3) is 5.91 Å². The number of nitrogens with zero attached hydrogens (tertiary/aromatic N) is 1. The second-order valence-corrected chi connectivity index (χ2v) is 5.95. The Kier molecular flexibility index (Phi) is 5.56. The zero-order valence-corrected chi connectivity index (χ0v) is 15.4. The Morgan fingerprint density at radius 1 is 1.00 bits per heavy atom. The van der Waals surface area contributed by atoms with Gasteiger partial charge in [0.1, 0.15) is 17.3 Å². The number of nitrogens with one attached hydrogen (secondary N) is 2. The van der Waals surface area contributed by atoms with Gasteiger partial charge in [-0.05, 0) is 43.3 Å². The highest BCUT2D eigenvalue weighted by atomic mass is 16.5. The van der Waals surface area contributed by atoms with Crippen molar-refractivity contribution in [3.63, 3.8) is 0 Å². The summed E-state index contributed by atoms with van der Waals surface area (Å²) >= 11 is 0. The fraction of sp³-hybridized carbons (Fsp3) is 0.143. The third kappa shape index (κ3) is 4.55. The first kappa shape index (κ1) is 18.3. The van der Waals surface area contributed by atoms with Gasteiger partial charge in [-0.15, -0.1) is 0 Å². The first-order valence-corrected chi connectivity index (χ1v) is 8.42. The van der Waals surface area contributed by atoms with E-state index >= 15 is 0 Å². The summed E-state index contributed by atoms with van der Waals surface area (Å²) in [5.74, 6) is 1.82. The second kappa shape index (κ2) is 8.23. The molecule has 0 spiro atoms. The zero-order chi connectivity index (χ0) is 19.2. The highest BCUT2D eigenvalue weighted by molar-refractivity contribution is 6.04. The van der Waals surface area contributed by atoms with Crippen LogP contribution in [0.15, 0.2) is 60.8 Å². The lowest BCUT2D eigenvalue weighted by molar-refractivity contribution is 0.102. The normalized spacial score (nSPS) is 10.2. The van der Waals surface area contributed by atoms with Crippen LogP contribution in [0.4, 0.5) is 17.2 Å². The van der Waals surface area contributed by atoms with Crippen molar-refractivity contribution >= 4 is 23.1 Å². The smallest absolute Gasteiger partial charge is 0.255 e. The molecule has 138 valence electrons. The third-order valence-corrected chi connectivity index (χ3v) is 3.97. The molecule has 0 unspecified atom stereocenters. The van der Waals surface area contributed by atoms with Gasteiger partial charge in [0.05, 0.1) is 31.8 Å². The molecule has 0 atom stereocenters. The monoisotopic (exact) mass is 363 g/mol. The highest BCUT2D eigenvalue weighted by Gasteiger charge is 2.08. The molecule has 6 heteroatoms. The van der Waals surface area contributed by atoms with E-state index in [1.807, 2.05) is 37.3 Å². The Bertz CT molecular complexity index is 940. The number of rotatable bonds is 6. The van der Waals surface area contributed by atoms with Crippen molar-refractivity contribution in [3.05, 3.63) is 71.9 Å². The molecule has 0 radical (unpaired) electrons. The van der Waals surface area contributed by atoms with Gasteiger partial charge >= 0.3 is 0 Å². The number of ether oxygens (including phenoxy) is 2. The summed E-state index contributed by atoms with van der Waals surface area (Å²) in [6, 6.07) is 16.5. The van der Waals surface area contributed by atoms with E-state index in [0.29, 0.717) is 28.6 Å². The Hall–Kier alpha value is -3.54. The summed E-state index contributed by atoms with van der Waals surface area (Å²) in [5.41, 5.74) is 3.03. The van der Waals surface area contributed by atoms with Gasteiger partial charge in [-0.3, -0.25) is 4.79 Å². The van der Waals surface area contributed by atoms with Crippen LogP contribution >= 0.6 is 0 Å². The number of aromatic nitrogens is 1. The van der Waals surface area contributed by atoms with Crippen LogP contribution in [0.5, 0.6) is 11.5 Å². The van der Waals surface area contributed by atoms with Crippen molar-refractivity contribution in [2.45, 2.75) is 6.92 Å². The summed E-state index contributed by atoms with van der Waals surface area (Å²) in [5, 5.41) is 6.03. The third-order valence-electron chi connectivity index (χ3n) is 3.97. The van der Waals surface area contributed by atoms with Crippen LogP contribution in [0.1, 0.15) is 15.9 Å². The quantitative estimate of drug-likeness (QED) is 0.679. The van der Waals surface area contributed by atoms with Crippen molar-refractivity contribution in [2.75, 3.05) is 24.9 Å². The molecule has 0 saturated carbocycles. The Morgan fingerprint density at radius 2 is 1.85 bits per heavy atom. The van der Waals surface area contributed by atoms with Gasteiger partial charge < -0.3 is 20.1 Å². The molecule has 6 nitrogen and oxygen atoms in total. The predicted octanol–water partition coefficient (Wildman–Crippen LogP) is 4.40. The Balaban J connectivity index is 1.69. The van der Waals surface area contributed by atoms with Crippen molar-refractivity contribution in [2.24, 2.45) is 0 Å². The first-order chi connectivity index (χ1) is 13.1. The molecular formula is C21H21N3O3.